The molecule has 2 heterocycles. The van der Waals surface area contributed by atoms with Crippen molar-refractivity contribution >= 4 is 33.9 Å². The molecule has 1 aromatic heterocycles. The maximum atomic E-state index is 13.0. The standard InChI is InChI=1S/C22H18N2O5S/c1-28-15-9-8-14(12-16(15)29-2)18-17(19(25)13-6-4-3-5-7-13)20(26)21(27)24(18)22-23-10-11-30-22/h3-12,18,25H,1-2H3/b19-17-. The number of ether oxygens (including phenoxy) is 2. The first kappa shape index (κ1) is 19.7. The van der Waals surface area contributed by atoms with Gasteiger partial charge in [0.25, 0.3) is 5.78 Å². The highest BCUT2D eigenvalue weighted by molar-refractivity contribution is 7.14. The molecular weight excluding hydrogens is 404 g/mol. The number of aromatic nitrogens is 1. The number of nitrogens with zero attached hydrogens (tertiary/aromatic N) is 2. The molecule has 1 aliphatic heterocycles. The van der Waals surface area contributed by atoms with E-state index in [2.05, 4.69) is 4.98 Å². The van der Waals surface area contributed by atoms with Crippen molar-refractivity contribution in [3.8, 4) is 11.5 Å². The van der Waals surface area contributed by atoms with Gasteiger partial charge in [-0.1, -0.05) is 36.4 Å². The molecule has 3 aromatic rings. The number of Topliss-reactive ketones (excluding diaryl/α,β-unsaturated/α-hetero) is 1. The zero-order valence-corrected chi connectivity index (χ0v) is 17.1. The molecule has 1 N–H and O–H groups in total. The monoisotopic (exact) mass is 422 g/mol. The average Bonchev–Trinajstić information content (AvgIpc) is 3.40. The van der Waals surface area contributed by atoms with Crippen LogP contribution in [0.15, 0.2) is 65.7 Å². The molecule has 152 valence electrons. The van der Waals surface area contributed by atoms with Crippen LogP contribution in [-0.2, 0) is 9.59 Å². The van der Waals surface area contributed by atoms with Crippen molar-refractivity contribution in [1.29, 1.82) is 0 Å². The van der Waals surface area contributed by atoms with Crippen LogP contribution in [0.25, 0.3) is 5.76 Å². The van der Waals surface area contributed by atoms with Crippen molar-refractivity contribution in [2.24, 2.45) is 0 Å². The lowest BCUT2D eigenvalue weighted by atomic mass is 9.95. The number of ketones is 1. The van der Waals surface area contributed by atoms with Crippen molar-refractivity contribution < 1.29 is 24.2 Å². The number of aliphatic hydroxyl groups excluding tert-OH is 1. The van der Waals surface area contributed by atoms with E-state index in [4.69, 9.17) is 9.47 Å². The number of methoxy groups -OCH3 is 2. The summed E-state index contributed by atoms with van der Waals surface area (Å²) >= 11 is 1.23. The maximum Gasteiger partial charge on any atom is 0.301 e. The van der Waals surface area contributed by atoms with Gasteiger partial charge in [-0.25, -0.2) is 4.98 Å². The summed E-state index contributed by atoms with van der Waals surface area (Å²) in [5, 5.41) is 13.1. The molecule has 0 radical (unpaired) electrons. The molecule has 2 aromatic carbocycles. The fourth-order valence-electron chi connectivity index (χ4n) is 3.45. The van der Waals surface area contributed by atoms with Crippen LogP contribution < -0.4 is 14.4 Å². The van der Waals surface area contributed by atoms with Crippen molar-refractivity contribution in [1.82, 2.24) is 4.98 Å². The molecule has 1 unspecified atom stereocenters. The van der Waals surface area contributed by atoms with Crippen LogP contribution in [0.2, 0.25) is 0 Å². The number of hydrogen-bond donors (Lipinski definition) is 1. The minimum Gasteiger partial charge on any atom is -0.507 e. The molecule has 1 saturated heterocycles. The minimum absolute atomic E-state index is 0.00591. The Morgan fingerprint density at radius 3 is 2.43 bits per heavy atom. The molecular formula is C22H18N2O5S. The second kappa shape index (κ2) is 8.00. The van der Waals surface area contributed by atoms with Crippen LogP contribution in [0.5, 0.6) is 11.5 Å². The Balaban J connectivity index is 1.95. The van der Waals surface area contributed by atoms with E-state index in [1.165, 1.54) is 30.5 Å². The van der Waals surface area contributed by atoms with Crippen molar-refractivity contribution in [3.05, 3.63) is 76.8 Å². The van der Waals surface area contributed by atoms with E-state index in [0.717, 1.165) is 0 Å². The molecule has 30 heavy (non-hydrogen) atoms. The zero-order chi connectivity index (χ0) is 21.3. The van der Waals surface area contributed by atoms with Crippen molar-refractivity contribution in [2.75, 3.05) is 19.1 Å². The highest BCUT2D eigenvalue weighted by Crippen LogP contribution is 2.44. The van der Waals surface area contributed by atoms with Gasteiger partial charge in [-0.15, -0.1) is 11.3 Å². The van der Waals surface area contributed by atoms with Gasteiger partial charge in [-0.3, -0.25) is 14.5 Å². The number of carbonyl (C=O) groups is 2. The van der Waals surface area contributed by atoms with E-state index in [-0.39, 0.29) is 11.3 Å². The van der Waals surface area contributed by atoms with Crippen LogP contribution in [0.1, 0.15) is 17.2 Å². The summed E-state index contributed by atoms with van der Waals surface area (Å²) in [7, 11) is 3.03. The van der Waals surface area contributed by atoms with Crippen LogP contribution in [-0.4, -0.2) is 36.0 Å². The number of thiazole rings is 1. The minimum atomic E-state index is -0.865. The third-order valence-corrected chi connectivity index (χ3v) is 5.61. The molecule has 0 bridgehead atoms. The van der Waals surface area contributed by atoms with Crippen molar-refractivity contribution in [3.63, 3.8) is 0 Å². The molecule has 1 atom stereocenters. The van der Waals surface area contributed by atoms with E-state index >= 15 is 0 Å². The smallest absolute Gasteiger partial charge is 0.301 e. The van der Waals surface area contributed by atoms with Gasteiger partial charge in [0.1, 0.15) is 5.76 Å². The lowest BCUT2D eigenvalue weighted by molar-refractivity contribution is -0.132. The fourth-order valence-corrected chi connectivity index (χ4v) is 4.12. The Bertz CT molecular complexity index is 1130. The van der Waals surface area contributed by atoms with Gasteiger partial charge in [0, 0.05) is 17.1 Å². The number of rotatable bonds is 5. The normalized spacial score (nSPS) is 17.9. The Kier molecular flexibility index (Phi) is 5.24. The maximum absolute atomic E-state index is 13.0. The van der Waals surface area contributed by atoms with Gasteiger partial charge in [0.05, 0.1) is 25.8 Å². The van der Waals surface area contributed by atoms with Gasteiger partial charge in [-0.2, -0.15) is 0 Å². The van der Waals surface area contributed by atoms with Crippen LogP contribution >= 0.6 is 11.3 Å². The number of anilines is 1. The lowest BCUT2D eigenvalue weighted by Crippen LogP contribution is -2.29. The van der Waals surface area contributed by atoms with Crippen LogP contribution in [0.4, 0.5) is 5.13 Å². The summed E-state index contributed by atoms with van der Waals surface area (Å²) < 4.78 is 10.7. The van der Waals surface area contributed by atoms with Gasteiger partial charge >= 0.3 is 5.91 Å². The van der Waals surface area contributed by atoms with Crippen LogP contribution in [0, 0.1) is 0 Å². The molecule has 7 nitrogen and oxygen atoms in total. The molecule has 1 aliphatic rings. The summed E-state index contributed by atoms with van der Waals surface area (Å²) in [6.45, 7) is 0. The zero-order valence-electron chi connectivity index (χ0n) is 16.2. The van der Waals surface area contributed by atoms with E-state index in [1.807, 2.05) is 0 Å². The summed E-state index contributed by atoms with van der Waals surface area (Å²) in [6.07, 6.45) is 1.56. The molecule has 4 rings (SSSR count). The Labute approximate surface area is 176 Å². The van der Waals surface area contributed by atoms with E-state index in [0.29, 0.717) is 27.8 Å². The summed E-state index contributed by atoms with van der Waals surface area (Å²) in [4.78, 5) is 31.5. The summed E-state index contributed by atoms with van der Waals surface area (Å²) in [5.74, 6) is -0.809. The van der Waals surface area contributed by atoms with Crippen LogP contribution in [0.3, 0.4) is 0 Å². The van der Waals surface area contributed by atoms with Gasteiger partial charge in [0.2, 0.25) is 0 Å². The number of carbonyl (C=O) groups excluding carboxylic acids is 2. The first-order valence-corrected chi connectivity index (χ1v) is 9.92. The average molecular weight is 422 g/mol. The first-order chi connectivity index (χ1) is 14.6. The SMILES string of the molecule is COc1ccc(C2/C(=C(/O)c3ccccc3)C(=O)C(=O)N2c2nccs2)cc1OC. The van der Waals surface area contributed by atoms with Gasteiger partial charge in [0.15, 0.2) is 16.6 Å². The highest BCUT2D eigenvalue weighted by Gasteiger charge is 2.48. The van der Waals surface area contributed by atoms with Crippen molar-refractivity contribution in [2.45, 2.75) is 6.04 Å². The number of aliphatic hydroxyl groups is 1. The van der Waals surface area contributed by atoms with E-state index < -0.39 is 17.7 Å². The second-order valence-electron chi connectivity index (χ2n) is 6.46. The Morgan fingerprint density at radius 2 is 1.80 bits per heavy atom. The van der Waals surface area contributed by atoms with E-state index in [1.54, 1.807) is 60.1 Å². The van der Waals surface area contributed by atoms with Gasteiger partial charge in [-0.05, 0) is 17.7 Å². The molecule has 0 aliphatic carbocycles. The largest absolute Gasteiger partial charge is 0.507 e. The predicted molar refractivity (Wildman–Crippen MR) is 113 cm³/mol. The van der Waals surface area contributed by atoms with Gasteiger partial charge < -0.3 is 14.6 Å². The molecule has 1 amide bonds. The summed E-state index contributed by atoms with van der Waals surface area (Å²) in [5.41, 5.74) is 1.02. The summed E-state index contributed by atoms with van der Waals surface area (Å²) in [6, 6.07) is 12.9. The number of amides is 1. The fraction of sp³-hybridized carbons (Fsp3) is 0.136. The topological polar surface area (TPSA) is 89.0 Å². The first-order valence-electron chi connectivity index (χ1n) is 9.04. The Hall–Kier alpha value is -3.65. The molecule has 1 fully saturated rings. The Morgan fingerprint density at radius 1 is 1.07 bits per heavy atom. The molecule has 0 spiro atoms. The highest BCUT2D eigenvalue weighted by atomic mass is 32.1. The quantitative estimate of drug-likeness (QED) is 0.382. The second-order valence-corrected chi connectivity index (χ2v) is 7.34. The number of benzene rings is 2. The number of hydrogen-bond acceptors (Lipinski definition) is 7. The molecule has 0 saturated carbocycles. The third kappa shape index (κ3) is 3.21. The lowest BCUT2D eigenvalue weighted by Gasteiger charge is -2.23. The predicted octanol–water partition coefficient (Wildman–Crippen LogP) is 3.79. The third-order valence-electron chi connectivity index (χ3n) is 4.84. The van der Waals surface area contributed by atoms with E-state index in [9.17, 15) is 14.7 Å². The molecule has 8 heteroatoms.